The van der Waals surface area contributed by atoms with Crippen LogP contribution in [0.5, 0.6) is 0 Å². The number of hydrogen-bond acceptors (Lipinski definition) is 4. The van der Waals surface area contributed by atoms with Crippen molar-refractivity contribution in [2.75, 3.05) is 36.0 Å². The van der Waals surface area contributed by atoms with Gasteiger partial charge in [0.2, 0.25) is 5.91 Å². The summed E-state index contributed by atoms with van der Waals surface area (Å²) in [5.41, 5.74) is 8.76. The molecule has 28 heavy (non-hydrogen) atoms. The molecule has 0 aromatic heterocycles. The van der Waals surface area contributed by atoms with E-state index in [0.717, 1.165) is 25.2 Å². The fourth-order valence-corrected chi connectivity index (χ4v) is 3.40. The molecule has 3 rings (SSSR count). The first kappa shape index (κ1) is 20.1. The highest BCUT2D eigenvalue weighted by Gasteiger charge is 2.15. The molecule has 0 bridgehead atoms. The molecule has 0 saturated carbocycles. The van der Waals surface area contributed by atoms with Gasteiger partial charge < -0.3 is 21.3 Å². The van der Waals surface area contributed by atoms with Gasteiger partial charge in [-0.2, -0.15) is 0 Å². The van der Waals surface area contributed by atoms with Crippen LogP contribution < -0.4 is 16.4 Å². The lowest BCUT2D eigenvalue weighted by Crippen LogP contribution is -2.32. The van der Waals surface area contributed by atoms with E-state index < -0.39 is 5.82 Å². The molecule has 1 heterocycles. The minimum absolute atomic E-state index is 0.0415. The number of aryl methyl sites for hydroxylation is 1. The monoisotopic (exact) mass is 384 g/mol. The van der Waals surface area contributed by atoms with Crippen molar-refractivity contribution < 1.29 is 9.18 Å². The van der Waals surface area contributed by atoms with Crippen molar-refractivity contribution >= 4 is 23.0 Å². The van der Waals surface area contributed by atoms with Crippen LogP contribution in [-0.2, 0) is 11.3 Å². The molecule has 2 aromatic rings. The highest BCUT2D eigenvalue weighted by Crippen LogP contribution is 2.28. The van der Waals surface area contributed by atoms with Crippen LogP contribution >= 0.6 is 0 Å². The highest BCUT2D eigenvalue weighted by molar-refractivity contribution is 5.94. The first-order valence-corrected chi connectivity index (χ1v) is 9.92. The second kappa shape index (κ2) is 9.55. The number of nitrogens with zero attached hydrogens (tertiary/aromatic N) is 1. The number of nitrogens with two attached hydrogens (primary N) is 1. The molecule has 1 aliphatic heterocycles. The van der Waals surface area contributed by atoms with Gasteiger partial charge in [0.15, 0.2) is 5.82 Å². The van der Waals surface area contributed by atoms with E-state index in [1.165, 1.54) is 24.8 Å². The Kier molecular flexibility index (Phi) is 6.87. The Morgan fingerprint density at radius 2 is 1.75 bits per heavy atom. The van der Waals surface area contributed by atoms with Gasteiger partial charge in [-0.3, -0.25) is 4.79 Å². The third-order valence-corrected chi connectivity index (χ3v) is 5.16. The maximum atomic E-state index is 14.6. The molecular weight excluding hydrogens is 355 g/mol. The van der Waals surface area contributed by atoms with Crippen molar-refractivity contribution in [3.05, 3.63) is 53.3 Å². The van der Waals surface area contributed by atoms with Gasteiger partial charge in [-0.05, 0) is 50.6 Å². The van der Waals surface area contributed by atoms with Crippen molar-refractivity contribution in [2.24, 2.45) is 0 Å². The molecule has 6 heteroatoms. The molecule has 1 fully saturated rings. The fourth-order valence-electron chi connectivity index (χ4n) is 3.40. The average molecular weight is 384 g/mol. The van der Waals surface area contributed by atoms with Gasteiger partial charge in [-0.25, -0.2) is 4.39 Å². The number of halogens is 1. The standard InChI is InChI=1S/C22H29FN4O/c1-16-5-7-17(8-6-16)15-25-18-9-10-19(22(24)21(18)23)26-20(28)11-14-27-12-3-2-4-13-27/h5-10,25H,2-4,11-15,24H2,1H3,(H,26,28). The van der Waals surface area contributed by atoms with Crippen LogP contribution in [0.25, 0.3) is 0 Å². The van der Waals surface area contributed by atoms with Crippen LogP contribution in [0.1, 0.15) is 36.8 Å². The number of benzene rings is 2. The van der Waals surface area contributed by atoms with Gasteiger partial charge >= 0.3 is 0 Å². The third-order valence-electron chi connectivity index (χ3n) is 5.16. The smallest absolute Gasteiger partial charge is 0.225 e. The number of piperidine rings is 1. The first-order chi connectivity index (χ1) is 13.5. The van der Waals surface area contributed by atoms with E-state index in [0.29, 0.717) is 24.3 Å². The van der Waals surface area contributed by atoms with Gasteiger partial charge in [0.1, 0.15) is 0 Å². The van der Waals surface area contributed by atoms with E-state index in [1.54, 1.807) is 12.1 Å². The van der Waals surface area contributed by atoms with Gasteiger partial charge in [0.05, 0.1) is 17.1 Å². The molecule has 1 aliphatic rings. The lowest BCUT2D eigenvalue weighted by Gasteiger charge is -2.26. The van der Waals surface area contributed by atoms with Crippen molar-refractivity contribution in [3.8, 4) is 0 Å². The largest absolute Gasteiger partial charge is 0.395 e. The van der Waals surface area contributed by atoms with Crippen LogP contribution in [0.2, 0.25) is 0 Å². The molecule has 1 saturated heterocycles. The second-order valence-corrected chi connectivity index (χ2v) is 7.43. The molecule has 1 amide bonds. The Labute approximate surface area is 166 Å². The zero-order valence-corrected chi connectivity index (χ0v) is 16.4. The summed E-state index contributed by atoms with van der Waals surface area (Å²) < 4.78 is 14.6. The Morgan fingerprint density at radius 1 is 1.07 bits per heavy atom. The third kappa shape index (κ3) is 5.45. The summed E-state index contributed by atoms with van der Waals surface area (Å²) in [4.78, 5) is 14.5. The molecule has 5 nitrogen and oxygen atoms in total. The van der Waals surface area contributed by atoms with E-state index in [2.05, 4.69) is 15.5 Å². The Bertz CT molecular complexity index is 801. The number of likely N-dealkylation sites (tertiary alicyclic amines) is 1. The summed E-state index contributed by atoms with van der Waals surface area (Å²) in [6.07, 6.45) is 4.03. The molecule has 0 radical (unpaired) electrons. The number of hydrogen-bond donors (Lipinski definition) is 3. The van der Waals surface area contributed by atoms with E-state index in [9.17, 15) is 9.18 Å². The Balaban J connectivity index is 1.54. The van der Waals surface area contributed by atoms with Gasteiger partial charge in [-0.1, -0.05) is 36.2 Å². The molecule has 150 valence electrons. The molecular formula is C22H29FN4O. The molecule has 2 aromatic carbocycles. The average Bonchev–Trinajstić information content (AvgIpc) is 2.71. The number of rotatable bonds is 7. The van der Waals surface area contributed by atoms with E-state index in [1.807, 2.05) is 31.2 Å². The topological polar surface area (TPSA) is 70.4 Å². The molecule has 0 spiro atoms. The van der Waals surface area contributed by atoms with Crippen molar-refractivity contribution in [3.63, 3.8) is 0 Å². The van der Waals surface area contributed by atoms with Crippen LogP contribution in [-0.4, -0.2) is 30.4 Å². The van der Waals surface area contributed by atoms with Crippen molar-refractivity contribution in [1.29, 1.82) is 0 Å². The number of nitrogen functional groups attached to an aromatic ring is 1. The molecule has 4 N–H and O–H groups in total. The number of amides is 1. The second-order valence-electron chi connectivity index (χ2n) is 7.43. The molecule has 0 unspecified atom stereocenters. The minimum Gasteiger partial charge on any atom is -0.395 e. The predicted octanol–water partition coefficient (Wildman–Crippen LogP) is 4.14. The summed E-state index contributed by atoms with van der Waals surface area (Å²) in [6.45, 7) is 5.34. The number of anilines is 3. The van der Waals surface area contributed by atoms with Crippen LogP contribution in [0.15, 0.2) is 36.4 Å². The van der Waals surface area contributed by atoms with Gasteiger partial charge in [0, 0.05) is 19.5 Å². The van der Waals surface area contributed by atoms with Crippen molar-refractivity contribution in [2.45, 2.75) is 39.2 Å². The lowest BCUT2D eigenvalue weighted by molar-refractivity contribution is -0.116. The van der Waals surface area contributed by atoms with E-state index in [-0.39, 0.29) is 11.6 Å². The first-order valence-electron chi connectivity index (χ1n) is 9.92. The Morgan fingerprint density at radius 3 is 2.46 bits per heavy atom. The number of nitrogens with one attached hydrogen (secondary N) is 2. The van der Waals surface area contributed by atoms with Crippen LogP contribution in [0.4, 0.5) is 21.5 Å². The van der Waals surface area contributed by atoms with Crippen LogP contribution in [0.3, 0.4) is 0 Å². The van der Waals surface area contributed by atoms with Gasteiger partial charge in [-0.15, -0.1) is 0 Å². The summed E-state index contributed by atoms with van der Waals surface area (Å²) in [5, 5.41) is 5.80. The van der Waals surface area contributed by atoms with Crippen LogP contribution in [0, 0.1) is 12.7 Å². The highest BCUT2D eigenvalue weighted by atomic mass is 19.1. The van der Waals surface area contributed by atoms with E-state index in [4.69, 9.17) is 5.73 Å². The van der Waals surface area contributed by atoms with Gasteiger partial charge in [0.25, 0.3) is 0 Å². The van der Waals surface area contributed by atoms with E-state index >= 15 is 0 Å². The molecule has 0 aliphatic carbocycles. The molecule has 0 atom stereocenters. The summed E-state index contributed by atoms with van der Waals surface area (Å²) >= 11 is 0. The maximum Gasteiger partial charge on any atom is 0.225 e. The number of carbonyl (C=O) groups is 1. The normalized spacial score (nSPS) is 14.6. The summed E-state index contributed by atoms with van der Waals surface area (Å²) in [5.74, 6) is -0.682. The lowest BCUT2D eigenvalue weighted by atomic mass is 10.1. The summed E-state index contributed by atoms with van der Waals surface area (Å²) in [6, 6.07) is 11.3. The SMILES string of the molecule is Cc1ccc(CNc2ccc(NC(=O)CCN3CCCCC3)c(N)c2F)cc1. The van der Waals surface area contributed by atoms with Crippen molar-refractivity contribution in [1.82, 2.24) is 4.90 Å². The zero-order chi connectivity index (χ0) is 19.9. The quantitative estimate of drug-likeness (QED) is 0.628. The number of carbonyl (C=O) groups excluding carboxylic acids is 1. The minimum atomic E-state index is -0.541. The summed E-state index contributed by atoms with van der Waals surface area (Å²) in [7, 11) is 0. The maximum absolute atomic E-state index is 14.6. The Hall–Kier alpha value is -2.60. The predicted molar refractivity (Wildman–Crippen MR) is 113 cm³/mol. The zero-order valence-electron chi connectivity index (χ0n) is 16.4. The fraction of sp³-hybridized carbons (Fsp3) is 0.409.